The molecule has 1 atom stereocenters. The van der Waals surface area contributed by atoms with Gasteiger partial charge in [-0.1, -0.05) is 0 Å². The standard InChI is InChI=1S/C10H19NO4.ClH/c1-5-14-9(13)7(11)6-8(12)15-10(2,3)4;/h7H,5-6,11H2,1-4H3;1H. The predicted molar refractivity (Wildman–Crippen MR) is 62.3 cm³/mol. The van der Waals surface area contributed by atoms with Crippen molar-refractivity contribution in [3.8, 4) is 0 Å². The molecule has 5 nitrogen and oxygen atoms in total. The first-order valence-corrected chi connectivity index (χ1v) is 4.90. The summed E-state index contributed by atoms with van der Waals surface area (Å²) in [5.74, 6) is -1.08. The Morgan fingerprint density at radius 1 is 1.31 bits per heavy atom. The van der Waals surface area contributed by atoms with E-state index < -0.39 is 23.6 Å². The first kappa shape index (κ1) is 17.6. The van der Waals surface area contributed by atoms with Crippen LogP contribution in [0, 0.1) is 0 Å². The third-order valence-corrected chi connectivity index (χ3v) is 1.40. The first-order valence-electron chi connectivity index (χ1n) is 4.90. The van der Waals surface area contributed by atoms with Gasteiger partial charge < -0.3 is 15.2 Å². The van der Waals surface area contributed by atoms with Gasteiger partial charge in [0.25, 0.3) is 0 Å². The Kier molecular flexibility index (Phi) is 8.20. The van der Waals surface area contributed by atoms with Crippen LogP contribution in [0.2, 0.25) is 0 Å². The SMILES string of the molecule is CCOC(=O)C(N)CC(=O)OC(C)(C)C.Cl. The Bertz CT molecular complexity index is 237. The van der Waals surface area contributed by atoms with E-state index in [-0.39, 0.29) is 25.4 Å². The number of ether oxygens (including phenoxy) is 2. The number of rotatable bonds is 4. The average molecular weight is 254 g/mol. The third-order valence-electron chi connectivity index (χ3n) is 1.40. The molecule has 16 heavy (non-hydrogen) atoms. The molecule has 0 aromatic carbocycles. The Hall–Kier alpha value is -0.810. The summed E-state index contributed by atoms with van der Waals surface area (Å²) in [7, 11) is 0. The van der Waals surface area contributed by atoms with E-state index in [1.165, 1.54) is 0 Å². The van der Waals surface area contributed by atoms with Crippen molar-refractivity contribution in [2.45, 2.75) is 45.8 Å². The molecule has 0 saturated heterocycles. The van der Waals surface area contributed by atoms with Gasteiger partial charge in [-0.25, -0.2) is 0 Å². The maximum absolute atomic E-state index is 11.3. The quantitative estimate of drug-likeness (QED) is 0.757. The molecule has 96 valence electrons. The topological polar surface area (TPSA) is 78.6 Å². The number of hydrogen-bond donors (Lipinski definition) is 1. The van der Waals surface area contributed by atoms with Crippen molar-refractivity contribution in [2.24, 2.45) is 5.73 Å². The Labute approximate surface area is 102 Å². The second-order valence-electron chi connectivity index (χ2n) is 4.15. The molecule has 0 aliphatic heterocycles. The number of halogens is 1. The van der Waals surface area contributed by atoms with Crippen LogP contribution in [0.1, 0.15) is 34.1 Å². The molecule has 6 heteroatoms. The highest BCUT2D eigenvalue weighted by atomic mass is 35.5. The van der Waals surface area contributed by atoms with Crippen molar-refractivity contribution in [2.75, 3.05) is 6.61 Å². The summed E-state index contributed by atoms with van der Waals surface area (Å²) in [6, 6.07) is -0.945. The lowest BCUT2D eigenvalue weighted by Gasteiger charge is -2.20. The first-order chi connectivity index (χ1) is 6.76. The van der Waals surface area contributed by atoms with E-state index in [1.54, 1.807) is 27.7 Å². The van der Waals surface area contributed by atoms with Crippen LogP contribution in [0.4, 0.5) is 0 Å². The van der Waals surface area contributed by atoms with E-state index in [9.17, 15) is 9.59 Å². The van der Waals surface area contributed by atoms with Gasteiger partial charge in [-0.15, -0.1) is 12.4 Å². The van der Waals surface area contributed by atoms with Crippen LogP contribution < -0.4 is 5.73 Å². The number of hydrogen-bond acceptors (Lipinski definition) is 5. The molecule has 0 fully saturated rings. The lowest BCUT2D eigenvalue weighted by molar-refractivity contribution is -0.159. The smallest absolute Gasteiger partial charge is 0.323 e. The Balaban J connectivity index is 0. The van der Waals surface area contributed by atoms with Crippen LogP contribution in [-0.2, 0) is 19.1 Å². The van der Waals surface area contributed by atoms with Gasteiger partial charge in [-0.2, -0.15) is 0 Å². The normalized spacial score (nSPS) is 12.3. The summed E-state index contributed by atoms with van der Waals surface area (Å²) in [6.45, 7) is 7.18. The zero-order valence-corrected chi connectivity index (χ0v) is 10.9. The highest BCUT2D eigenvalue weighted by Gasteiger charge is 2.23. The fourth-order valence-electron chi connectivity index (χ4n) is 0.895. The molecule has 2 N–H and O–H groups in total. The van der Waals surface area contributed by atoms with Gasteiger partial charge in [-0.05, 0) is 27.7 Å². The minimum absolute atomic E-state index is 0. The molecule has 0 heterocycles. The molecule has 0 amide bonds. The summed E-state index contributed by atoms with van der Waals surface area (Å²) >= 11 is 0. The summed E-state index contributed by atoms with van der Waals surface area (Å²) < 4.78 is 9.67. The van der Waals surface area contributed by atoms with Gasteiger partial charge in [0.1, 0.15) is 11.6 Å². The maximum Gasteiger partial charge on any atom is 0.323 e. The Morgan fingerprint density at radius 3 is 2.19 bits per heavy atom. The molecule has 1 unspecified atom stereocenters. The lowest BCUT2D eigenvalue weighted by atomic mass is 10.2. The zero-order chi connectivity index (χ0) is 12.1. The van der Waals surface area contributed by atoms with Crippen LogP contribution in [0.15, 0.2) is 0 Å². The van der Waals surface area contributed by atoms with Crippen molar-refractivity contribution >= 4 is 24.3 Å². The van der Waals surface area contributed by atoms with E-state index in [4.69, 9.17) is 10.5 Å². The lowest BCUT2D eigenvalue weighted by Crippen LogP contribution is -2.36. The number of nitrogens with two attached hydrogens (primary N) is 1. The molecule has 0 aliphatic rings. The minimum atomic E-state index is -0.945. The second-order valence-corrected chi connectivity index (χ2v) is 4.15. The van der Waals surface area contributed by atoms with E-state index in [0.717, 1.165) is 0 Å². The molecule has 0 aromatic heterocycles. The van der Waals surface area contributed by atoms with Crippen LogP contribution in [0.5, 0.6) is 0 Å². The molecular weight excluding hydrogens is 234 g/mol. The van der Waals surface area contributed by atoms with Gasteiger partial charge in [0, 0.05) is 0 Å². The number of carbonyl (C=O) groups is 2. The fraction of sp³-hybridized carbons (Fsp3) is 0.800. The van der Waals surface area contributed by atoms with Crippen molar-refractivity contribution < 1.29 is 19.1 Å². The Morgan fingerprint density at radius 2 is 1.81 bits per heavy atom. The van der Waals surface area contributed by atoms with E-state index in [2.05, 4.69) is 4.74 Å². The van der Waals surface area contributed by atoms with Gasteiger partial charge in [0.15, 0.2) is 0 Å². The second kappa shape index (κ2) is 7.46. The van der Waals surface area contributed by atoms with Crippen LogP contribution in [-0.4, -0.2) is 30.2 Å². The van der Waals surface area contributed by atoms with Gasteiger partial charge in [0.05, 0.1) is 13.0 Å². The van der Waals surface area contributed by atoms with Crippen molar-refractivity contribution in [1.82, 2.24) is 0 Å². The van der Waals surface area contributed by atoms with Crippen LogP contribution in [0.3, 0.4) is 0 Å². The molecule has 0 aliphatic carbocycles. The number of esters is 2. The van der Waals surface area contributed by atoms with Gasteiger partial charge >= 0.3 is 11.9 Å². The van der Waals surface area contributed by atoms with Gasteiger partial charge in [-0.3, -0.25) is 9.59 Å². The van der Waals surface area contributed by atoms with E-state index in [1.807, 2.05) is 0 Å². The largest absolute Gasteiger partial charge is 0.465 e. The molecule has 0 bridgehead atoms. The molecular formula is C10H20ClNO4. The highest BCUT2D eigenvalue weighted by Crippen LogP contribution is 2.09. The van der Waals surface area contributed by atoms with Crippen molar-refractivity contribution in [3.05, 3.63) is 0 Å². The highest BCUT2D eigenvalue weighted by molar-refractivity contribution is 5.85. The van der Waals surface area contributed by atoms with E-state index >= 15 is 0 Å². The molecule has 0 spiro atoms. The summed E-state index contributed by atoms with van der Waals surface area (Å²) in [4.78, 5) is 22.4. The van der Waals surface area contributed by atoms with Crippen LogP contribution >= 0.6 is 12.4 Å². The monoisotopic (exact) mass is 253 g/mol. The minimum Gasteiger partial charge on any atom is -0.465 e. The van der Waals surface area contributed by atoms with Crippen LogP contribution in [0.25, 0.3) is 0 Å². The number of carbonyl (C=O) groups excluding carboxylic acids is 2. The molecule has 0 rings (SSSR count). The maximum atomic E-state index is 11.3. The molecule has 0 radical (unpaired) electrons. The van der Waals surface area contributed by atoms with Gasteiger partial charge in [0.2, 0.25) is 0 Å². The fourth-order valence-corrected chi connectivity index (χ4v) is 0.895. The predicted octanol–water partition coefficient (Wildman–Crippen LogP) is 1.03. The van der Waals surface area contributed by atoms with Crippen molar-refractivity contribution in [1.29, 1.82) is 0 Å². The molecule has 0 saturated carbocycles. The third kappa shape index (κ3) is 8.49. The van der Waals surface area contributed by atoms with Crippen molar-refractivity contribution in [3.63, 3.8) is 0 Å². The average Bonchev–Trinajstić information content (AvgIpc) is 2.00. The molecule has 0 aromatic rings. The zero-order valence-electron chi connectivity index (χ0n) is 10.1. The van der Waals surface area contributed by atoms with E-state index in [0.29, 0.717) is 0 Å². The summed E-state index contributed by atoms with van der Waals surface area (Å²) in [5.41, 5.74) is 4.88. The summed E-state index contributed by atoms with van der Waals surface area (Å²) in [6.07, 6.45) is -0.157. The summed E-state index contributed by atoms with van der Waals surface area (Å²) in [5, 5.41) is 0.